The first-order chi connectivity index (χ1) is 11.5. The van der Waals surface area contributed by atoms with Gasteiger partial charge in [0.25, 0.3) is 0 Å². The lowest BCUT2D eigenvalue weighted by atomic mass is 10.2. The molecule has 0 saturated carbocycles. The standard InChI is InChI=1S/C16H19F3N4O/c1-2-14-20-15(11-22-7-9-24-10-8-22)23(21-14)13-5-3-12(4-6-13)16(17,18)19/h3-6H,2,7-11H2,1H3. The third-order valence-corrected chi connectivity index (χ3v) is 3.94. The Bertz CT molecular complexity index is 676. The number of alkyl halides is 3. The summed E-state index contributed by atoms with van der Waals surface area (Å²) < 4.78 is 45.1. The molecule has 2 heterocycles. The Balaban J connectivity index is 1.87. The van der Waals surface area contributed by atoms with Crippen LogP contribution in [-0.2, 0) is 23.9 Å². The van der Waals surface area contributed by atoms with E-state index in [1.807, 2.05) is 6.92 Å². The molecule has 0 unspecified atom stereocenters. The van der Waals surface area contributed by atoms with Crippen LogP contribution in [0.5, 0.6) is 0 Å². The molecule has 0 N–H and O–H groups in total. The highest BCUT2D eigenvalue weighted by Gasteiger charge is 2.30. The summed E-state index contributed by atoms with van der Waals surface area (Å²) >= 11 is 0. The van der Waals surface area contributed by atoms with Gasteiger partial charge in [0, 0.05) is 19.5 Å². The predicted octanol–water partition coefficient (Wildman–Crippen LogP) is 2.68. The molecule has 1 aliphatic rings. The lowest BCUT2D eigenvalue weighted by Gasteiger charge is -2.26. The average Bonchev–Trinajstić information content (AvgIpc) is 2.98. The summed E-state index contributed by atoms with van der Waals surface area (Å²) in [5.74, 6) is 1.41. The van der Waals surface area contributed by atoms with Crippen LogP contribution >= 0.6 is 0 Å². The number of benzene rings is 1. The van der Waals surface area contributed by atoms with Gasteiger partial charge in [0.05, 0.1) is 31.0 Å². The molecule has 1 aromatic carbocycles. The van der Waals surface area contributed by atoms with Crippen LogP contribution in [0.15, 0.2) is 24.3 Å². The zero-order chi connectivity index (χ0) is 17.2. The number of halogens is 3. The molecule has 0 aliphatic carbocycles. The van der Waals surface area contributed by atoms with E-state index in [1.54, 1.807) is 4.68 Å². The molecule has 1 aliphatic heterocycles. The smallest absolute Gasteiger partial charge is 0.379 e. The van der Waals surface area contributed by atoms with Crippen molar-refractivity contribution in [2.75, 3.05) is 26.3 Å². The van der Waals surface area contributed by atoms with Crippen LogP contribution in [-0.4, -0.2) is 46.0 Å². The van der Waals surface area contributed by atoms with E-state index in [-0.39, 0.29) is 0 Å². The third kappa shape index (κ3) is 3.76. The van der Waals surface area contributed by atoms with Gasteiger partial charge in [0.1, 0.15) is 5.82 Å². The van der Waals surface area contributed by atoms with Crippen LogP contribution in [0.4, 0.5) is 13.2 Å². The van der Waals surface area contributed by atoms with E-state index in [1.165, 1.54) is 12.1 Å². The fourth-order valence-corrected chi connectivity index (χ4v) is 2.60. The lowest BCUT2D eigenvalue weighted by molar-refractivity contribution is -0.137. The lowest BCUT2D eigenvalue weighted by Crippen LogP contribution is -2.36. The van der Waals surface area contributed by atoms with Crippen LogP contribution in [0, 0.1) is 0 Å². The van der Waals surface area contributed by atoms with E-state index < -0.39 is 11.7 Å². The zero-order valence-corrected chi connectivity index (χ0v) is 13.4. The highest BCUT2D eigenvalue weighted by Crippen LogP contribution is 2.29. The molecule has 0 amide bonds. The molecule has 1 aromatic heterocycles. The first kappa shape index (κ1) is 16.9. The van der Waals surface area contributed by atoms with Gasteiger partial charge in [-0.15, -0.1) is 0 Å². The number of hydrogen-bond acceptors (Lipinski definition) is 4. The van der Waals surface area contributed by atoms with Crippen molar-refractivity contribution in [3.05, 3.63) is 41.5 Å². The summed E-state index contributed by atoms with van der Waals surface area (Å²) in [6, 6.07) is 5.00. The van der Waals surface area contributed by atoms with Crippen molar-refractivity contribution in [1.29, 1.82) is 0 Å². The molecule has 1 fully saturated rings. The maximum Gasteiger partial charge on any atom is 0.416 e. The van der Waals surface area contributed by atoms with Gasteiger partial charge in [0.2, 0.25) is 0 Å². The quantitative estimate of drug-likeness (QED) is 0.858. The number of rotatable bonds is 4. The van der Waals surface area contributed by atoms with Gasteiger partial charge in [-0.1, -0.05) is 6.92 Å². The van der Waals surface area contributed by atoms with E-state index >= 15 is 0 Å². The fraction of sp³-hybridized carbons (Fsp3) is 0.500. The molecule has 0 atom stereocenters. The van der Waals surface area contributed by atoms with E-state index in [4.69, 9.17) is 4.74 Å². The summed E-state index contributed by atoms with van der Waals surface area (Å²) in [5.41, 5.74) is -0.0877. The third-order valence-electron chi connectivity index (χ3n) is 3.94. The van der Waals surface area contributed by atoms with E-state index in [0.717, 1.165) is 31.0 Å². The van der Waals surface area contributed by atoms with Crippen LogP contribution in [0.2, 0.25) is 0 Å². The summed E-state index contributed by atoms with van der Waals surface area (Å²) in [5, 5.41) is 4.42. The highest BCUT2D eigenvalue weighted by atomic mass is 19.4. The Kier molecular flexibility index (Phi) is 4.86. The number of nitrogens with zero attached hydrogens (tertiary/aromatic N) is 4. The second-order valence-corrected chi connectivity index (χ2v) is 5.64. The Labute approximate surface area is 138 Å². The number of aryl methyl sites for hydroxylation is 1. The van der Waals surface area contributed by atoms with Crippen LogP contribution < -0.4 is 0 Å². The first-order valence-corrected chi connectivity index (χ1v) is 7.90. The van der Waals surface area contributed by atoms with Crippen molar-refractivity contribution in [3.8, 4) is 5.69 Å². The van der Waals surface area contributed by atoms with Crippen LogP contribution in [0.3, 0.4) is 0 Å². The Morgan fingerprint density at radius 3 is 2.38 bits per heavy atom. The molecule has 3 rings (SSSR count). The van der Waals surface area contributed by atoms with E-state index in [0.29, 0.717) is 37.7 Å². The second-order valence-electron chi connectivity index (χ2n) is 5.64. The predicted molar refractivity (Wildman–Crippen MR) is 81.8 cm³/mol. The van der Waals surface area contributed by atoms with Crippen molar-refractivity contribution < 1.29 is 17.9 Å². The van der Waals surface area contributed by atoms with Crippen LogP contribution in [0.1, 0.15) is 24.1 Å². The van der Waals surface area contributed by atoms with Gasteiger partial charge in [-0.05, 0) is 24.3 Å². The minimum Gasteiger partial charge on any atom is -0.379 e. The molecule has 0 bridgehead atoms. The summed E-state index contributed by atoms with van der Waals surface area (Å²) in [4.78, 5) is 6.72. The first-order valence-electron chi connectivity index (χ1n) is 7.90. The molecule has 24 heavy (non-hydrogen) atoms. The molecule has 5 nitrogen and oxygen atoms in total. The number of aromatic nitrogens is 3. The Morgan fingerprint density at radius 2 is 1.79 bits per heavy atom. The molecule has 1 saturated heterocycles. The molecule has 8 heteroatoms. The summed E-state index contributed by atoms with van der Waals surface area (Å²) in [6.07, 6.45) is -3.67. The Hall–Kier alpha value is -1.93. The Morgan fingerprint density at radius 1 is 1.12 bits per heavy atom. The minimum absolute atomic E-state index is 0.582. The SMILES string of the molecule is CCc1nc(CN2CCOCC2)n(-c2ccc(C(F)(F)F)cc2)n1. The molecule has 0 spiro atoms. The monoisotopic (exact) mass is 340 g/mol. The topological polar surface area (TPSA) is 43.2 Å². The van der Waals surface area contributed by atoms with Gasteiger partial charge >= 0.3 is 6.18 Å². The van der Waals surface area contributed by atoms with Crippen molar-refractivity contribution in [2.24, 2.45) is 0 Å². The summed E-state index contributed by atoms with van der Waals surface area (Å²) in [7, 11) is 0. The van der Waals surface area contributed by atoms with Gasteiger partial charge < -0.3 is 4.74 Å². The molecular weight excluding hydrogens is 321 g/mol. The number of ether oxygens (including phenoxy) is 1. The normalized spacial score (nSPS) is 16.5. The number of morpholine rings is 1. The maximum absolute atomic E-state index is 12.7. The molecule has 2 aromatic rings. The second kappa shape index (κ2) is 6.90. The zero-order valence-electron chi connectivity index (χ0n) is 13.4. The van der Waals surface area contributed by atoms with Gasteiger partial charge in [-0.3, -0.25) is 4.90 Å². The van der Waals surface area contributed by atoms with Crippen molar-refractivity contribution in [3.63, 3.8) is 0 Å². The maximum atomic E-state index is 12.7. The minimum atomic E-state index is -4.34. The van der Waals surface area contributed by atoms with Crippen LogP contribution in [0.25, 0.3) is 5.69 Å². The van der Waals surface area contributed by atoms with Crippen molar-refractivity contribution >= 4 is 0 Å². The fourth-order valence-electron chi connectivity index (χ4n) is 2.60. The van der Waals surface area contributed by atoms with Crippen molar-refractivity contribution in [2.45, 2.75) is 26.1 Å². The summed E-state index contributed by atoms with van der Waals surface area (Å²) in [6.45, 7) is 5.51. The number of hydrogen-bond donors (Lipinski definition) is 0. The molecule has 130 valence electrons. The average molecular weight is 340 g/mol. The van der Waals surface area contributed by atoms with Crippen molar-refractivity contribution in [1.82, 2.24) is 19.7 Å². The van der Waals surface area contributed by atoms with Gasteiger partial charge in [-0.25, -0.2) is 9.67 Å². The highest BCUT2D eigenvalue weighted by molar-refractivity contribution is 5.35. The largest absolute Gasteiger partial charge is 0.416 e. The van der Waals surface area contributed by atoms with Gasteiger partial charge in [0.15, 0.2) is 5.82 Å². The molecular formula is C16H19F3N4O. The van der Waals surface area contributed by atoms with E-state index in [9.17, 15) is 13.2 Å². The molecule has 0 radical (unpaired) electrons. The van der Waals surface area contributed by atoms with Gasteiger partial charge in [-0.2, -0.15) is 18.3 Å². The van der Waals surface area contributed by atoms with E-state index in [2.05, 4.69) is 15.0 Å².